The first kappa shape index (κ1) is 13.6. The molecule has 4 heteroatoms. The number of hydrogen-bond acceptors (Lipinski definition) is 4. The Kier molecular flexibility index (Phi) is 3.90. The largest absolute Gasteiger partial charge is 0.488 e. The molecule has 4 nitrogen and oxygen atoms in total. The minimum absolute atomic E-state index is 0.0553. The molecule has 1 aromatic carbocycles. The Morgan fingerprint density at radius 1 is 1.32 bits per heavy atom. The van der Waals surface area contributed by atoms with Gasteiger partial charge >= 0.3 is 0 Å². The fourth-order valence-corrected chi connectivity index (χ4v) is 2.00. The van der Waals surface area contributed by atoms with Crippen molar-refractivity contribution in [2.24, 2.45) is 5.73 Å². The van der Waals surface area contributed by atoms with Crippen molar-refractivity contribution in [1.29, 1.82) is 0 Å². The van der Waals surface area contributed by atoms with Gasteiger partial charge in [0.1, 0.15) is 18.1 Å². The zero-order valence-corrected chi connectivity index (χ0v) is 11.9. The summed E-state index contributed by atoms with van der Waals surface area (Å²) < 4.78 is 11.0. The number of rotatable bonds is 4. The Morgan fingerprint density at radius 3 is 2.63 bits per heavy atom. The number of hydrogen-bond donors (Lipinski definition) is 1. The van der Waals surface area contributed by atoms with Gasteiger partial charge < -0.3 is 15.0 Å². The molecule has 0 bridgehead atoms. The second kappa shape index (κ2) is 5.45. The third kappa shape index (κ3) is 2.96. The summed E-state index contributed by atoms with van der Waals surface area (Å²) in [5.74, 6) is 1.63. The number of benzene rings is 1. The van der Waals surface area contributed by atoms with Crippen LogP contribution in [0.1, 0.15) is 41.1 Å². The molecule has 2 N–H and O–H groups in total. The van der Waals surface area contributed by atoms with Gasteiger partial charge in [-0.15, -0.1) is 0 Å². The van der Waals surface area contributed by atoms with Crippen LogP contribution in [0.3, 0.4) is 0 Å². The number of aromatic nitrogens is 1. The first-order chi connectivity index (χ1) is 8.99. The van der Waals surface area contributed by atoms with Crippen LogP contribution < -0.4 is 10.5 Å². The van der Waals surface area contributed by atoms with E-state index < -0.39 is 0 Å². The van der Waals surface area contributed by atoms with E-state index in [1.54, 1.807) is 0 Å². The minimum Gasteiger partial charge on any atom is -0.488 e. The van der Waals surface area contributed by atoms with Gasteiger partial charge in [-0.05, 0) is 39.3 Å². The highest BCUT2D eigenvalue weighted by atomic mass is 16.5. The molecule has 19 heavy (non-hydrogen) atoms. The van der Waals surface area contributed by atoms with Gasteiger partial charge in [0.2, 0.25) is 0 Å². The van der Waals surface area contributed by atoms with E-state index in [2.05, 4.69) is 5.16 Å². The summed E-state index contributed by atoms with van der Waals surface area (Å²) in [6.45, 7) is 8.24. The van der Waals surface area contributed by atoms with Crippen molar-refractivity contribution in [3.8, 4) is 5.75 Å². The zero-order valence-electron chi connectivity index (χ0n) is 11.9. The lowest BCUT2D eigenvalue weighted by atomic mass is 10.1. The summed E-state index contributed by atoms with van der Waals surface area (Å²) in [4.78, 5) is 0. The van der Waals surface area contributed by atoms with Gasteiger partial charge in [0.15, 0.2) is 0 Å². The summed E-state index contributed by atoms with van der Waals surface area (Å²) in [5, 5.41) is 3.92. The van der Waals surface area contributed by atoms with Crippen LogP contribution in [-0.4, -0.2) is 5.16 Å². The molecule has 0 aliphatic rings. The van der Waals surface area contributed by atoms with Gasteiger partial charge in [0, 0.05) is 11.6 Å². The van der Waals surface area contributed by atoms with Crippen molar-refractivity contribution >= 4 is 0 Å². The molecule has 0 radical (unpaired) electrons. The van der Waals surface area contributed by atoms with Gasteiger partial charge in [-0.1, -0.05) is 17.3 Å². The van der Waals surface area contributed by atoms with Crippen molar-refractivity contribution in [2.45, 2.75) is 40.3 Å². The Balaban J connectivity index is 2.22. The van der Waals surface area contributed by atoms with Crippen LogP contribution in [0.15, 0.2) is 22.7 Å². The third-order valence-corrected chi connectivity index (χ3v) is 3.21. The van der Waals surface area contributed by atoms with Gasteiger partial charge in [0.05, 0.1) is 11.3 Å². The van der Waals surface area contributed by atoms with E-state index in [1.807, 2.05) is 45.9 Å². The molecule has 0 spiro atoms. The average molecular weight is 260 g/mol. The molecule has 0 saturated carbocycles. The highest BCUT2D eigenvalue weighted by molar-refractivity contribution is 5.39. The van der Waals surface area contributed by atoms with Gasteiger partial charge in [0.25, 0.3) is 0 Å². The molecular weight excluding hydrogens is 240 g/mol. The quantitative estimate of drug-likeness (QED) is 0.917. The van der Waals surface area contributed by atoms with Crippen LogP contribution >= 0.6 is 0 Å². The smallest absolute Gasteiger partial charge is 0.140 e. The molecule has 2 rings (SSSR count). The van der Waals surface area contributed by atoms with Crippen molar-refractivity contribution in [1.82, 2.24) is 5.16 Å². The van der Waals surface area contributed by atoms with Crippen LogP contribution in [-0.2, 0) is 6.61 Å². The van der Waals surface area contributed by atoms with Gasteiger partial charge in [-0.2, -0.15) is 0 Å². The Hall–Kier alpha value is -1.81. The van der Waals surface area contributed by atoms with E-state index in [0.717, 1.165) is 33.9 Å². The summed E-state index contributed by atoms with van der Waals surface area (Å²) in [6.07, 6.45) is 0. The van der Waals surface area contributed by atoms with Crippen molar-refractivity contribution in [3.63, 3.8) is 0 Å². The monoisotopic (exact) mass is 260 g/mol. The molecular formula is C15H20N2O2. The zero-order chi connectivity index (χ0) is 14.0. The third-order valence-electron chi connectivity index (χ3n) is 3.21. The highest BCUT2D eigenvalue weighted by Gasteiger charge is 2.12. The van der Waals surface area contributed by atoms with Crippen LogP contribution in [0.4, 0.5) is 0 Å². The van der Waals surface area contributed by atoms with Gasteiger partial charge in [-0.25, -0.2) is 0 Å². The Bertz CT molecular complexity index is 554. The molecule has 1 atom stereocenters. The van der Waals surface area contributed by atoms with Crippen LogP contribution in [0.5, 0.6) is 5.75 Å². The predicted molar refractivity (Wildman–Crippen MR) is 74.1 cm³/mol. The molecule has 0 amide bonds. The fraction of sp³-hybridized carbons (Fsp3) is 0.400. The van der Waals surface area contributed by atoms with E-state index >= 15 is 0 Å². The van der Waals surface area contributed by atoms with E-state index in [-0.39, 0.29) is 6.04 Å². The normalized spacial score (nSPS) is 12.5. The molecule has 1 aromatic heterocycles. The summed E-state index contributed by atoms with van der Waals surface area (Å²) in [5.41, 5.74) is 9.99. The van der Waals surface area contributed by atoms with E-state index in [1.165, 1.54) is 0 Å². The van der Waals surface area contributed by atoms with E-state index in [9.17, 15) is 0 Å². The lowest BCUT2D eigenvalue weighted by molar-refractivity contribution is 0.297. The highest BCUT2D eigenvalue weighted by Crippen LogP contribution is 2.26. The molecule has 0 aliphatic heterocycles. The van der Waals surface area contributed by atoms with Crippen LogP contribution in [0.25, 0.3) is 0 Å². The maximum atomic E-state index is 5.96. The van der Waals surface area contributed by atoms with Crippen LogP contribution in [0, 0.1) is 20.8 Å². The first-order valence-electron chi connectivity index (χ1n) is 6.39. The van der Waals surface area contributed by atoms with Crippen molar-refractivity contribution in [2.75, 3.05) is 0 Å². The predicted octanol–water partition coefficient (Wildman–Crippen LogP) is 3.20. The summed E-state index contributed by atoms with van der Waals surface area (Å²) in [6, 6.07) is 6.02. The van der Waals surface area contributed by atoms with Gasteiger partial charge in [-0.3, -0.25) is 0 Å². The molecule has 2 aromatic rings. The van der Waals surface area contributed by atoms with E-state index in [0.29, 0.717) is 6.61 Å². The number of aryl methyl sites for hydroxylation is 3. The minimum atomic E-state index is -0.0553. The summed E-state index contributed by atoms with van der Waals surface area (Å²) in [7, 11) is 0. The molecule has 0 fully saturated rings. The lowest BCUT2D eigenvalue weighted by Crippen LogP contribution is -2.08. The number of nitrogens with zero attached hydrogens (tertiary/aromatic N) is 1. The van der Waals surface area contributed by atoms with Crippen molar-refractivity contribution < 1.29 is 9.26 Å². The summed E-state index contributed by atoms with van der Waals surface area (Å²) >= 11 is 0. The van der Waals surface area contributed by atoms with E-state index in [4.69, 9.17) is 15.0 Å². The van der Waals surface area contributed by atoms with Crippen LogP contribution in [0.2, 0.25) is 0 Å². The fourth-order valence-electron chi connectivity index (χ4n) is 2.00. The molecule has 0 saturated heterocycles. The maximum absolute atomic E-state index is 5.96. The topological polar surface area (TPSA) is 61.3 Å². The SMILES string of the molecule is Cc1ccc(C(C)N)c(OCc2c(C)noc2C)c1. The maximum Gasteiger partial charge on any atom is 0.140 e. The molecule has 0 aliphatic carbocycles. The second-order valence-electron chi connectivity index (χ2n) is 4.92. The molecule has 1 unspecified atom stereocenters. The lowest BCUT2D eigenvalue weighted by Gasteiger charge is -2.14. The molecule has 1 heterocycles. The number of nitrogens with two attached hydrogens (primary N) is 1. The standard InChI is InChI=1S/C15H20N2O2/c1-9-5-6-13(10(2)16)15(7-9)18-8-14-11(3)17-19-12(14)4/h5-7,10H,8,16H2,1-4H3. The second-order valence-corrected chi connectivity index (χ2v) is 4.92. The molecule has 102 valence electrons. The Labute approximate surface area is 113 Å². The average Bonchev–Trinajstić information content (AvgIpc) is 2.66. The Morgan fingerprint density at radius 2 is 2.05 bits per heavy atom. The first-order valence-corrected chi connectivity index (χ1v) is 6.39. The van der Waals surface area contributed by atoms with Crippen molar-refractivity contribution in [3.05, 3.63) is 46.3 Å². The number of ether oxygens (including phenoxy) is 1.